The van der Waals surface area contributed by atoms with E-state index in [1.54, 1.807) is 18.2 Å². The zero-order chi connectivity index (χ0) is 11.3. The van der Waals surface area contributed by atoms with E-state index in [1.165, 1.54) is 0 Å². The molecule has 0 radical (unpaired) electrons. The van der Waals surface area contributed by atoms with E-state index in [2.05, 4.69) is 20.7 Å². The summed E-state index contributed by atoms with van der Waals surface area (Å²) in [6, 6.07) is 7.13. The van der Waals surface area contributed by atoms with Crippen molar-refractivity contribution in [1.29, 1.82) is 0 Å². The van der Waals surface area contributed by atoms with Crippen LogP contribution in [0.5, 0.6) is 0 Å². The molecule has 6 heteroatoms. The van der Waals surface area contributed by atoms with Crippen LogP contribution in [0.3, 0.4) is 0 Å². The van der Waals surface area contributed by atoms with Crippen LogP contribution < -0.4 is 4.72 Å². The fourth-order valence-electron chi connectivity index (χ4n) is 1.07. The van der Waals surface area contributed by atoms with Crippen molar-refractivity contribution in [2.75, 3.05) is 13.2 Å². The first-order chi connectivity index (χ1) is 7.05. The Morgan fingerprint density at radius 1 is 1.33 bits per heavy atom. The molecule has 0 saturated carbocycles. The van der Waals surface area contributed by atoms with Crippen LogP contribution in [0.25, 0.3) is 0 Å². The quantitative estimate of drug-likeness (QED) is 0.846. The maximum Gasteiger partial charge on any atom is 0.215 e. The Morgan fingerprint density at radius 2 is 2.00 bits per heavy atom. The number of sulfonamides is 1. The molecule has 0 saturated heterocycles. The van der Waals surface area contributed by atoms with Crippen LogP contribution >= 0.6 is 15.9 Å². The monoisotopic (exact) mass is 293 g/mol. The highest BCUT2D eigenvalue weighted by molar-refractivity contribution is 9.10. The van der Waals surface area contributed by atoms with Crippen molar-refractivity contribution in [3.63, 3.8) is 0 Å². The Kier molecular flexibility index (Phi) is 4.72. The molecule has 0 aliphatic carbocycles. The standard InChI is InChI=1S/C9H12BrNO3S/c10-9-4-2-1-3-8(9)7-15(13,14)11-5-6-12/h1-4,11-12H,5-7H2. The van der Waals surface area contributed by atoms with E-state index in [0.29, 0.717) is 5.56 Å². The van der Waals surface area contributed by atoms with Gasteiger partial charge in [0, 0.05) is 11.0 Å². The Hall–Kier alpha value is -0.430. The van der Waals surface area contributed by atoms with Crippen LogP contribution in [0.1, 0.15) is 5.56 Å². The van der Waals surface area contributed by atoms with E-state index in [0.717, 1.165) is 4.47 Å². The summed E-state index contributed by atoms with van der Waals surface area (Å²) in [5.74, 6) is -0.0889. The van der Waals surface area contributed by atoms with E-state index >= 15 is 0 Å². The van der Waals surface area contributed by atoms with Crippen LogP contribution in [0.15, 0.2) is 28.7 Å². The summed E-state index contributed by atoms with van der Waals surface area (Å²) in [7, 11) is -3.36. The molecule has 0 atom stereocenters. The minimum atomic E-state index is -3.36. The zero-order valence-corrected chi connectivity index (χ0v) is 10.4. The van der Waals surface area contributed by atoms with Gasteiger partial charge in [0.2, 0.25) is 10.0 Å². The Morgan fingerprint density at radius 3 is 2.60 bits per heavy atom. The summed E-state index contributed by atoms with van der Waals surface area (Å²) in [4.78, 5) is 0. The summed E-state index contributed by atoms with van der Waals surface area (Å²) < 4.78 is 26.0. The Labute approximate surface area is 97.5 Å². The van der Waals surface area contributed by atoms with Crippen molar-refractivity contribution < 1.29 is 13.5 Å². The highest BCUT2D eigenvalue weighted by Gasteiger charge is 2.12. The van der Waals surface area contributed by atoms with Crippen molar-refractivity contribution >= 4 is 26.0 Å². The molecular weight excluding hydrogens is 282 g/mol. The average Bonchev–Trinajstić information content (AvgIpc) is 2.18. The lowest BCUT2D eigenvalue weighted by Gasteiger charge is -2.06. The first kappa shape index (κ1) is 12.6. The molecule has 4 nitrogen and oxygen atoms in total. The smallest absolute Gasteiger partial charge is 0.215 e. The average molecular weight is 294 g/mol. The molecule has 0 aliphatic rings. The molecule has 2 N–H and O–H groups in total. The third-order valence-corrected chi connectivity index (χ3v) is 3.85. The molecule has 0 heterocycles. The van der Waals surface area contributed by atoms with Gasteiger partial charge in [-0.15, -0.1) is 0 Å². The van der Waals surface area contributed by atoms with Crippen molar-refractivity contribution in [3.8, 4) is 0 Å². The van der Waals surface area contributed by atoms with Gasteiger partial charge in [-0.3, -0.25) is 0 Å². The fraction of sp³-hybridized carbons (Fsp3) is 0.333. The summed E-state index contributed by atoms with van der Waals surface area (Å²) in [6.45, 7) is -0.151. The highest BCUT2D eigenvalue weighted by atomic mass is 79.9. The van der Waals surface area contributed by atoms with E-state index in [4.69, 9.17) is 5.11 Å². The Balaban J connectivity index is 2.74. The third-order valence-electron chi connectivity index (χ3n) is 1.74. The van der Waals surface area contributed by atoms with Gasteiger partial charge >= 0.3 is 0 Å². The number of aliphatic hydroxyl groups is 1. The van der Waals surface area contributed by atoms with Crippen LogP contribution in [0.2, 0.25) is 0 Å². The minimum absolute atomic E-state index is 0.0484. The molecule has 0 fully saturated rings. The van der Waals surface area contributed by atoms with Gasteiger partial charge in [-0.25, -0.2) is 13.1 Å². The lowest BCUT2D eigenvalue weighted by atomic mass is 10.2. The first-order valence-corrected chi connectivity index (χ1v) is 6.81. The second kappa shape index (κ2) is 5.60. The maximum atomic E-state index is 11.5. The molecule has 1 aromatic rings. The zero-order valence-electron chi connectivity index (χ0n) is 7.98. The second-order valence-electron chi connectivity index (χ2n) is 2.97. The third kappa shape index (κ3) is 4.29. The molecule has 84 valence electrons. The predicted molar refractivity (Wildman–Crippen MR) is 61.9 cm³/mol. The predicted octanol–water partition coefficient (Wildman–Crippen LogP) is 0.861. The molecular formula is C9H12BrNO3S. The summed E-state index contributed by atoms with van der Waals surface area (Å²) in [6.07, 6.45) is 0. The van der Waals surface area contributed by atoms with Gasteiger partial charge in [-0.1, -0.05) is 34.1 Å². The molecule has 0 amide bonds. The van der Waals surface area contributed by atoms with Crippen molar-refractivity contribution in [3.05, 3.63) is 34.3 Å². The highest BCUT2D eigenvalue weighted by Crippen LogP contribution is 2.17. The Bertz CT molecular complexity index is 419. The van der Waals surface area contributed by atoms with Crippen LogP contribution in [-0.2, 0) is 15.8 Å². The van der Waals surface area contributed by atoms with Gasteiger partial charge in [0.05, 0.1) is 12.4 Å². The molecule has 1 aromatic carbocycles. The largest absolute Gasteiger partial charge is 0.395 e. The van der Waals surface area contributed by atoms with Crippen molar-refractivity contribution in [2.45, 2.75) is 5.75 Å². The lowest BCUT2D eigenvalue weighted by Crippen LogP contribution is -2.27. The number of hydrogen-bond acceptors (Lipinski definition) is 3. The van der Waals surface area contributed by atoms with Gasteiger partial charge in [-0.2, -0.15) is 0 Å². The topological polar surface area (TPSA) is 66.4 Å². The number of aliphatic hydroxyl groups excluding tert-OH is 1. The lowest BCUT2D eigenvalue weighted by molar-refractivity contribution is 0.301. The van der Waals surface area contributed by atoms with E-state index in [9.17, 15) is 8.42 Å². The number of hydrogen-bond donors (Lipinski definition) is 2. The van der Waals surface area contributed by atoms with Crippen LogP contribution in [-0.4, -0.2) is 26.7 Å². The van der Waals surface area contributed by atoms with E-state index < -0.39 is 10.0 Å². The molecule has 0 spiro atoms. The normalized spacial score (nSPS) is 11.6. The maximum absolute atomic E-state index is 11.5. The SMILES string of the molecule is O=S(=O)(Cc1ccccc1Br)NCCO. The van der Waals surface area contributed by atoms with Crippen LogP contribution in [0, 0.1) is 0 Å². The summed E-state index contributed by atoms with van der Waals surface area (Å²) in [5.41, 5.74) is 0.697. The second-order valence-corrected chi connectivity index (χ2v) is 5.63. The molecule has 1 rings (SSSR count). The van der Waals surface area contributed by atoms with Crippen molar-refractivity contribution in [2.24, 2.45) is 0 Å². The minimum Gasteiger partial charge on any atom is -0.395 e. The van der Waals surface area contributed by atoms with Gasteiger partial charge in [0.15, 0.2) is 0 Å². The molecule has 0 aromatic heterocycles. The van der Waals surface area contributed by atoms with Gasteiger partial charge in [0.25, 0.3) is 0 Å². The van der Waals surface area contributed by atoms with Crippen LogP contribution in [0.4, 0.5) is 0 Å². The van der Waals surface area contributed by atoms with Gasteiger partial charge < -0.3 is 5.11 Å². The number of halogens is 1. The summed E-state index contributed by atoms with van der Waals surface area (Å²) in [5, 5.41) is 8.51. The molecule has 0 unspecified atom stereocenters. The van der Waals surface area contributed by atoms with Gasteiger partial charge in [-0.05, 0) is 11.6 Å². The first-order valence-electron chi connectivity index (χ1n) is 4.37. The number of nitrogens with one attached hydrogen (secondary N) is 1. The molecule has 15 heavy (non-hydrogen) atoms. The van der Waals surface area contributed by atoms with Gasteiger partial charge in [0.1, 0.15) is 0 Å². The summed E-state index contributed by atoms with van der Waals surface area (Å²) >= 11 is 3.28. The molecule has 0 aliphatic heterocycles. The van der Waals surface area contributed by atoms with Crippen molar-refractivity contribution in [1.82, 2.24) is 4.72 Å². The molecule has 0 bridgehead atoms. The number of rotatable bonds is 5. The van der Waals surface area contributed by atoms with E-state index in [-0.39, 0.29) is 18.9 Å². The van der Waals surface area contributed by atoms with E-state index in [1.807, 2.05) is 6.07 Å². The fourth-order valence-corrected chi connectivity index (χ4v) is 2.85. The number of benzene rings is 1.